The smallest absolute Gasteiger partial charge is 0.338 e. The number of aromatic nitrogens is 1. The molecule has 0 saturated carbocycles. The summed E-state index contributed by atoms with van der Waals surface area (Å²) in [4.78, 5) is 14.2. The van der Waals surface area contributed by atoms with Gasteiger partial charge in [-0.25, -0.2) is 13.6 Å². The molecule has 1 rings (SSSR count). The van der Waals surface area contributed by atoms with E-state index in [0.717, 1.165) is 6.20 Å². The second kappa shape index (κ2) is 4.63. The van der Waals surface area contributed by atoms with Gasteiger partial charge >= 0.3 is 5.97 Å². The average Bonchev–Trinajstić information content (AvgIpc) is 2.26. The fraction of sp³-hybridized carbons (Fsp3) is 0.222. The number of rotatable bonds is 3. The van der Waals surface area contributed by atoms with Gasteiger partial charge in [0.25, 0.3) is 6.43 Å². The summed E-state index contributed by atoms with van der Waals surface area (Å²) < 4.78 is 25.3. The number of nitrogens with two attached hydrogens (primary N) is 1. The van der Waals surface area contributed by atoms with Gasteiger partial charge < -0.3 is 10.8 Å². The molecular weight excluding hydrogens is 220 g/mol. The Labute approximate surface area is 89.1 Å². The summed E-state index contributed by atoms with van der Waals surface area (Å²) in [5.74, 6) is -1.48. The molecular formula is C9H7F2N3O2. The van der Waals surface area contributed by atoms with Gasteiger partial charge in [-0.1, -0.05) is 0 Å². The molecule has 0 saturated heterocycles. The summed E-state index contributed by atoms with van der Waals surface area (Å²) in [5, 5.41) is 17.4. The van der Waals surface area contributed by atoms with E-state index < -0.39 is 29.1 Å². The first-order chi connectivity index (χ1) is 7.52. The van der Waals surface area contributed by atoms with Crippen LogP contribution in [-0.4, -0.2) is 16.1 Å². The van der Waals surface area contributed by atoms with E-state index >= 15 is 0 Å². The Balaban J connectivity index is 3.58. The summed E-state index contributed by atoms with van der Waals surface area (Å²) in [5.41, 5.74) is 3.18. The van der Waals surface area contributed by atoms with E-state index in [4.69, 9.17) is 16.1 Å². The van der Waals surface area contributed by atoms with Crippen molar-refractivity contribution in [3.63, 3.8) is 0 Å². The quantitative estimate of drug-likeness (QED) is 0.803. The highest BCUT2D eigenvalue weighted by Gasteiger charge is 2.24. The molecule has 0 unspecified atom stereocenters. The lowest BCUT2D eigenvalue weighted by Crippen LogP contribution is -2.12. The van der Waals surface area contributed by atoms with Crippen LogP contribution in [0.2, 0.25) is 0 Å². The Morgan fingerprint density at radius 3 is 2.69 bits per heavy atom. The van der Waals surface area contributed by atoms with E-state index in [1.807, 2.05) is 0 Å². The van der Waals surface area contributed by atoms with E-state index in [1.54, 1.807) is 0 Å². The Bertz CT molecular complexity index is 469. The zero-order valence-electron chi connectivity index (χ0n) is 7.94. The van der Waals surface area contributed by atoms with Crippen molar-refractivity contribution in [2.24, 2.45) is 5.73 Å². The molecule has 84 valence electrons. The molecule has 3 N–H and O–H groups in total. The Morgan fingerprint density at radius 2 is 2.31 bits per heavy atom. The third-order valence-electron chi connectivity index (χ3n) is 1.95. The van der Waals surface area contributed by atoms with Crippen LogP contribution < -0.4 is 5.73 Å². The van der Waals surface area contributed by atoms with Gasteiger partial charge in [0.1, 0.15) is 6.07 Å². The minimum absolute atomic E-state index is 0.170. The summed E-state index contributed by atoms with van der Waals surface area (Å²) in [6.45, 7) is -0.283. The molecule has 0 spiro atoms. The van der Waals surface area contributed by atoms with Gasteiger partial charge in [0.15, 0.2) is 0 Å². The summed E-state index contributed by atoms with van der Waals surface area (Å²) in [7, 11) is 0. The van der Waals surface area contributed by atoms with Crippen LogP contribution >= 0.6 is 0 Å². The predicted molar refractivity (Wildman–Crippen MR) is 48.8 cm³/mol. The van der Waals surface area contributed by atoms with Gasteiger partial charge in [-0.15, -0.1) is 0 Å². The monoisotopic (exact) mass is 227 g/mol. The van der Waals surface area contributed by atoms with Crippen molar-refractivity contribution >= 4 is 5.97 Å². The lowest BCUT2D eigenvalue weighted by molar-refractivity contribution is 0.0695. The number of alkyl halides is 2. The summed E-state index contributed by atoms with van der Waals surface area (Å²) in [6.07, 6.45) is -2.13. The molecule has 0 amide bonds. The van der Waals surface area contributed by atoms with Crippen LogP contribution in [0.5, 0.6) is 0 Å². The van der Waals surface area contributed by atoms with Crippen molar-refractivity contribution in [1.29, 1.82) is 5.26 Å². The SMILES string of the molecule is N#Cc1c(C(=O)O)cnc(CN)c1C(F)F. The average molecular weight is 227 g/mol. The number of carbonyl (C=O) groups is 1. The molecule has 0 radical (unpaired) electrons. The molecule has 0 atom stereocenters. The molecule has 0 aliphatic carbocycles. The van der Waals surface area contributed by atoms with Crippen molar-refractivity contribution in [2.75, 3.05) is 0 Å². The van der Waals surface area contributed by atoms with E-state index in [2.05, 4.69) is 4.98 Å². The van der Waals surface area contributed by atoms with Gasteiger partial charge in [-0.2, -0.15) is 5.26 Å². The largest absolute Gasteiger partial charge is 0.478 e. The first kappa shape index (κ1) is 12.0. The molecule has 0 aliphatic rings. The van der Waals surface area contributed by atoms with E-state index in [1.165, 1.54) is 6.07 Å². The Kier molecular flexibility index (Phi) is 3.48. The fourth-order valence-electron chi connectivity index (χ4n) is 1.25. The standard InChI is InChI=1S/C9H7F2N3O2/c10-8(11)7-4(1-12)5(9(15)16)3-14-6(7)2-13/h3,8H,2,13H2,(H,15,16). The minimum Gasteiger partial charge on any atom is -0.478 e. The first-order valence-corrected chi connectivity index (χ1v) is 4.16. The van der Waals surface area contributed by atoms with Gasteiger partial charge in [-0.05, 0) is 0 Å². The lowest BCUT2D eigenvalue weighted by Gasteiger charge is -2.09. The number of hydrogen-bond donors (Lipinski definition) is 2. The number of halogens is 2. The third-order valence-corrected chi connectivity index (χ3v) is 1.95. The van der Waals surface area contributed by atoms with Crippen LogP contribution in [0.1, 0.15) is 33.6 Å². The van der Waals surface area contributed by atoms with E-state index in [0.29, 0.717) is 0 Å². The highest BCUT2D eigenvalue weighted by atomic mass is 19.3. The predicted octanol–water partition coefficient (Wildman–Crippen LogP) is 1.05. The van der Waals surface area contributed by atoms with Crippen molar-refractivity contribution in [2.45, 2.75) is 13.0 Å². The van der Waals surface area contributed by atoms with Crippen LogP contribution in [-0.2, 0) is 6.54 Å². The topological polar surface area (TPSA) is 100 Å². The van der Waals surface area contributed by atoms with Crippen molar-refractivity contribution in [3.05, 3.63) is 28.6 Å². The first-order valence-electron chi connectivity index (χ1n) is 4.16. The van der Waals surface area contributed by atoms with Crippen LogP contribution in [0.4, 0.5) is 8.78 Å². The number of aromatic carboxylic acids is 1. The second-order valence-electron chi connectivity index (χ2n) is 2.83. The summed E-state index contributed by atoms with van der Waals surface area (Å²) in [6, 6.07) is 1.45. The molecule has 16 heavy (non-hydrogen) atoms. The van der Waals surface area contributed by atoms with Crippen LogP contribution in [0.3, 0.4) is 0 Å². The molecule has 0 fully saturated rings. The maximum Gasteiger partial charge on any atom is 0.338 e. The molecule has 0 aromatic carbocycles. The van der Waals surface area contributed by atoms with E-state index in [9.17, 15) is 13.6 Å². The maximum absolute atomic E-state index is 12.7. The van der Waals surface area contributed by atoms with Crippen LogP contribution in [0.15, 0.2) is 6.20 Å². The molecule has 0 aliphatic heterocycles. The van der Waals surface area contributed by atoms with Crippen molar-refractivity contribution < 1.29 is 18.7 Å². The van der Waals surface area contributed by atoms with Gasteiger partial charge in [0, 0.05) is 12.7 Å². The van der Waals surface area contributed by atoms with Crippen LogP contribution in [0.25, 0.3) is 0 Å². The highest BCUT2D eigenvalue weighted by Crippen LogP contribution is 2.27. The summed E-state index contributed by atoms with van der Waals surface area (Å²) >= 11 is 0. The van der Waals surface area contributed by atoms with Gasteiger partial charge in [-0.3, -0.25) is 4.98 Å². The van der Waals surface area contributed by atoms with Gasteiger partial charge in [0.2, 0.25) is 0 Å². The maximum atomic E-state index is 12.7. The van der Waals surface area contributed by atoms with Gasteiger partial charge in [0.05, 0.1) is 22.4 Å². The third kappa shape index (κ3) is 1.97. The zero-order chi connectivity index (χ0) is 12.3. The second-order valence-corrected chi connectivity index (χ2v) is 2.83. The molecule has 7 heteroatoms. The number of carboxylic acids is 1. The van der Waals surface area contributed by atoms with Crippen molar-refractivity contribution in [1.82, 2.24) is 4.98 Å². The number of nitrogens with zero attached hydrogens (tertiary/aromatic N) is 2. The van der Waals surface area contributed by atoms with E-state index in [-0.39, 0.29) is 12.2 Å². The Morgan fingerprint density at radius 1 is 1.69 bits per heavy atom. The number of hydrogen-bond acceptors (Lipinski definition) is 4. The molecule has 1 aromatic heterocycles. The molecule has 1 heterocycles. The lowest BCUT2D eigenvalue weighted by atomic mass is 10.0. The highest BCUT2D eigenvalue weighted by molar-refractivity contribution is 5.90. The molecule has 5 nitrogen and oxygen atoms in total. The number of carboxylic acid groups (broad SMARTS) is 1. The normalized spacial score (nSPS) is 10.2. The number of nitriles is 1. The minimum atomic E-state index is -2.99. The molecule has 0 bridgehead atoms. The van der Waals surface area contributed by atoms with Crippen LogP contribution in [0, 0.1) is 11.3 Å². The zero-order valence-corrected chi connectivity index (χ0v) is 7.94. The van der Waals surface area contributed by atoms with Crippen molar-refractivity contribution in [3.8, 4) is 6.07 Å². The molecule has 1 aromatic rings. The number of pyridine rings is 1. The fourth-order valence-corrected chi connectivity index (χ4v) is 1.25. The Hall–Kier alpha value is -2.07.